The molecule has 1 aliphatic heterocycles. The van der Waals surface area contributed by atoms with E-state index < -0.39 is 17.8 Å². The number of esters is 1. The van der Waals surface area contributed by atoms with Crippen LogP contribution in [0.5, 0.6) is 0 Å². The minimum Gasteiger partial charge on any atom is -0.457 e. The lowest BCUT2D eigenvalue weighted by molar-refractivity contribution is -0.142. The van der Waals surface area contributed by atoms with Crippen molar-refractivity contribution in [2.45, 2.75) is 6.42 Å². The number of fused-ring (bicyclic) bond motifs is 1. The van der Waals surface area contributed by atoms with E-state index in [9.17, 15) is 19.2 Å². The number of hydrogen-bond donors (Lipinski definition) is 0. The highest BCUT2D eigenvalue weighted by Crippen LogP contribution is 2.22. The van der Waals surface area contributed by atoms with Crippen LogP contribution in [-0.2, 0) is 9.53 Å². The molecule has 0 radical (unpaired) electrons. The zero-order valence-electron chi connectivity index (χ0n) is 13.6. The summed E-state index contributed by atoms with van der Waals surface area (Å²) in [5, 5.41) is 0. The van der Waals surface area contributed by atoms with Crippen LogP contribution in [0, 0.1) is 0 Å². The number of Topliss-reactive ketones (excluding diaryl/α,β-unsaturated/α-hetero) is 1. The Morgan fingerprint density at radius 3 is 2.08 bits per heavy atom. The highest BCUT2D eigenvalue weighted by molar-refractivity contribution is 9.10. The van der Waals surface area contributed by atoms with Gasteiger partial charge in [-0.15, -0.1) is 0 Å². The average Bonchev–Trinajstić information content (AvgIpc) is 2.89. The molecule has 0 spiro atoms. The first-order chi connectivity index (χ1) is 12.5. The Hall–Kier alpha value is -2.80. The third-order valence-electron chi connectivity index (χ3n) is 3.95. The summed E-state index contributed by atoms with van der Waals surface area (Å²) < 4.78 is 5.79. The Morgan fingerprint density at radius 1 is 0.923 bits per heavy atom. The van der Waals surface area contributed by atoms with E-state index in [1.807, 2.05) is 0 Å². The smallest absolute Gasteiger partial charge is 0.308 e. The van der Waals surface area contributed by atoms with E-state index in [1.54, 1.807) is 48.5 Å². The van der Waals surface area contributed by atoms with Gasteiger partial charge in [-0.1, -0.05) is 40.2 Å². The number of ether oxygens (including phenoxy) is 1. The number of amides is 2. The molecule has 7 heteroatoms. The molecule has 0 aromatic heterocycles. The molecule has 0 fully saturated rings. The van der Waals surface area contributed by atoms with Crippen LogP contribution in [0.3, 0.4) is 0 Å². The molecule has 1 heterocycles. The highest BCUT2D eigenvalue weighted by atomic mass is 79.9. The van der Waals surface area contributed by atoms with Crippen molar-refractivity contribution in [3.8, 4) is 0 Å². The van der Waals surface area contributed by atoms with Gasteiger partial charge in [0.2, 0.25) is 0 Å². The molecule has 0 bridgehead atoms. The van der Waals surface area contributed by atoms with Gasteiger partial charge in [0.25, 0.3) is 11.8 Å². The van der Waals surface area contributed by atoms with Gasteiger partial charge in [0.1, 0.15) is 0 Å². The number of nitrogens with zero attached hydrogens (tertiary/aromatic N) is 1. The third kappa shape index (κ3) is 3.72. The van der Waals surface area contributed by atoms with Gasteiger partial charge < -0.3 is 4.74 Å². The summed E-state index contributed by atoms with van der Waals surface area (Å²) in [7, 11) is 0. The Morgan fingerprint density at radius 2 is 1.50 bits per heavy atom. The van der Waals surface area contributed by atoms with E-state index in [2.05, 4.69) is 15.9 Å². The minimum atomic E-state index is -0.646. The monoisotopic (exact) mass is 415 g/mol. The fourth-order valence-electron chi connectivity index (χ4n) is 2.58. The van der Waals surface area contributed by atoms with Gasteiger partial charge in [-0.05, 0) is 24.3 Å². The molecule has 0 atom stereocenters. The predicted octanol–water partition coefficient (Wildman–Crippen LogP) is 2.86. The maximum absolute atomic E-state index is 12.2. The molecule has 0 saturated heterocycles. The van der Waals surface area contributed by atoms with Crippen LogP contribution in [0.15, 0.2) is 53.0 Å². The number of rotatable bonds is 6. The first-order valence-electron chi connectivity index (χ1n) is 7.87. The van der Waals surface area contributed by atoms with E-state index in [0.29, 0.717) is 16.7 Å². The van der Waals surface area contributed by atoms with Crippen molar-refractivity contribution < 1.29 is 23.9 Å². The van der Waals surface area contributed by atoms with Gasteiger partial charge in [-0.3, -0.25) is 24.1 Å². The maximum Gasteiger partial charge on any atom is 0.308 e. The van der Waals surface area contributed by atoms with E-state index in [0.717, 1.165) is 9.37 Å². The number of hydrogen-bond acceptors (Lipinski definition) is 5. The first-order valence-corrected chi connectivity index (χ1v) is 8.66. The fourth-order valence-corrected chi connectivity index (χ4v) is 2.85. The molecule has 132 valence electrons. The molecule has 1 aliphatic rings. The van der Waals surface area contributed by atoms with Crippen LogP contribution in [-0.4, -0.2) is 41.6 Å². The van der Waals surface area contributed by atoms with Crippen LogP contribution >= 0.6 is 15.9 Å². The minimum absolute atomic E-state index is 0.0857. The Kier molecular flexibility index (Phi) is 5.27. The van der Waals surface area contributed by atoms with Crippen molar-refractivity contribution in [2.75, 3.05) is 13.2 Å². The largest absolute Gasteiger partial charge is 0.457 e. The summed E-state index contributed by atoms with van der Waals surface area (Å²) in [5.41, 5.74) is 1.09. The molecular formula is C19H14BrNO5. The molecule has 0 N–H and O–H groups in total. The number of carbonyl (C=O) groups is 4. The number of carbonyl (C=O) groups excluding carboxylic acids is 4. The highest BCUT2D eigenvalue weighted by Gasteiger charge is 2.35. The zero-order valence-corrected chi connectivity index (χ0v) is 15.2. The molecule has 3 rings (SSSR count). The molecule has 0 aliphatic carbocycles. The lowest BCUT2D eigenvalue weighted by Gasteiger charge is -2.13. The number of ketones is 1. The SMILES string of the molecule is O=C(CCN1C(=O)c2ccccc2C1=O)OCC(=O)c1ccc(Br)cc1. The first kappa shape index (κ1) is 18.0. The second-order valence-corrected chi connectivity index (χ2v) is 6.56. The Bertz CT molecular complexity index is 856. The van der Waals surface area contributed by atoms with Crippen LogP contribution in [0.4, 0.5) is 0 Å². The molecule has 6 nitrogen and oxygen atoms in total. The Labute approximate surface area is 157 Å². The summed E-state index contributed by atoms with van der Waals surface area (Å²) in [4.78, 5) is 49.2. The standard InChI is InChI=1S/C19H14BrNO5/c20-13-7-5-12(6-8-13)16(22)11-26-17(23)9-10-21-18(24)14-3-1-2-4-15(14)19(21)25/h1-8H,9-11H2. The normalized spacial score (nSPS) is 12.9. The molecule has 0 saturated carbocycles. The van der Waals surface area contributed by atoms with E-state index in [1.165, 1.54) is 0 Å². The molecule has 2 amide bonds. The molecule has 2 aromatic carbocycles. The van der Waals surface area contributed by atoms with Crippen molar-refractivity contribution in [3.63, 3.8) is 0 Å². The molecule has 0 unspecified atom stereocenters. The summed E-state index contributed by atoms with van der Waals surface area (Å²) >= 11 is 3.27. The number of benzene rings is 2. The molecule has 2 aromatic rings. The van der Waals surface area contributed by atoms with Crippen molar-refractivity contribution in [1.29, 1.82) is 0 Å². The van der Waals surface area contributed by atoms with Crippen LogP contribution in [0.25, 0.3) is 0 Å². The van der Waals surface area contributed by atoms with Crippen LogP contribution in [0.1, 0.15) is 37.5 Å². The summed E-state index contributed by atoms with van der Waals surface area (Å²) in [5.74, 6) is -1.83. The van der Waals surface area contributed by atoms with Gasteiger partial charge in [-0.2, -0.15) is 0 Å². The third-order valence-corrected chi connectivity index (χ3v) is 4.48. The van der Waals surface area contributed by atoms with E-state index >= 15 is 0 Å². The molecular weight excluding hydrogens is 402 g/mol. The number of imide groups is 1. The summed E-state index contributed by atoms with van der Waals surface area (Å²) in [6.07, 6.45) is -0.168. The second kappa shape index (κ2) is 7.61. The molecule has 26 heavy (non-hydrogen) atoms. The average molecular weight is 416 g/mol. The van der Waals surface area contributed by atoms with Crippen molar-refractivity contribution in [3.05, 3.63) is 69.7 Å². The van der Waals surface area contributed by atoms with Crippen molar-refractivity contribution in [2.24, 2.45) is 0 Å². The lowest BCUT2D eigenvalue weighted by Crippen LogP contribution is -2.32. The second-order valence-electron chi connectivity index (χ2n) is 5.65. The van der Waals surface area contributed by atoms with Crippen molar-refractivity contribution >= 4 is 39.5 Å². The van der Waals surface area contributed by atoms with Crippen molar-refractivity contribution in [1.82, 2.24) is 4.90 Å². The van der Waals surface area contributed by atoms with E-state index in [-0.39, 0.29) is 25.4 Å². The van der Waals surface area contributed by atoms with Gasteiger partial charge in [-0.25, -0.2) is 0 Å². The maximum atomic E-state index is 12.2. The van der Waals surface area contributed by atoms with Gasteiger partial charge in [0.15, 0.2) is 12.4 Å². The number of halogens is 1. The predicted molar refractivity (Wildman–Crippen MR) is 95.9 cm³/mol. The quantitative estimate of drug-likeness (QED) is 0.411. The van der Waals surface area contributed by atoms with Gasteiger partial charge >= 0.3 is 5.97 Å². The topological polar surface area (TPSA) is 80.8 Å². The van der Waals surface area contributed by atoms with Crippen LogP contribution < -0.4 is 0 Å². The fraction of sp³-hybridized carbons (Fsp3) is 0.158. The van der Waals surface area contributed by atoms with Crippen LogP contribution in [0.2, 0.25) is 0 Å². The Balaban J connectivity index is 1.50. The van der Waals surface area contributed by atoms with E-state index in [4.69, 9.17) is 4.74 Å². The van der Waals surface area contributed by atoms with Gasteiger partial charge in [0.05, 0.1) is 17.5 Å². The van der Waals surface area contributed by atoms with Gasteiger partial charge in [0, 0.05) is 16.6 Å². The summed E-state index contributed by atoms with van der Waals surface area (Å²) in [6, 6.07) is 13.2. The zero-order chi connectivity index (χ0) is 18.7. The summed E-state index contributed by atoms with van der Waals surface area (Å²) in [6.45, 7) is -0.472. The lowest BCUT2D eigenvalue weighted by atomic mass is 10.1.